The minimum atomic E-state index is -0.120. The van der Waals surface area contributed by atoms with Gasteiger partial charge in [0.25, 0.3) is 0 Å². The molecule has 0 spiro atoms. The number of esters is 1. The fourth-order valence-electron chi connectivity index (χ4n) is 5.97. The Morgan fingerprint density at radius 2 is 2.08 bits per heavy atom. The molecular formula is C20H22BrNO4. The van der Waals surface area contributed by atoms with Crippen molar-refractivity contribution in [1.82, 2.24) is 5.16 Å². The molecule has 4 bridgehead atoms. The van der Waals surface area contributed by atoms with Crippen LogP contribution in [0.3, 0.4) is 0 Å². The highest BCUT2D eigenvalue weighted by atomic mass is 79.9. The molecule has 2 heterocycles. The van der Waals surface area contributed by atoms with Crippen molar-refractivity contribution < 1.29 is 18.5 Å². The van der Waals surface area contributed by atoms with Crippen LogP contribution in [0.2, 0.25) is 0 Å². The highest BCUT2D eigenvalue weighted by Crippen LogP contribution is 2.65. The maximum Gasteiger partial charge on any atom is 0.306 e. The lowest BCUT2D eigenvalue weighted by atomic mass is 9.49. The van der Waals surface area contributed by atoms with Gasteiger partial charge in [-0.25, -0.2) is 0 Å². The van der Waals surface area contributed by atoms with E-state index in [1.54, 1.807) is 24.5 Å². The molecule has 4 saturated carbocycles. The van der Waals surface area contributed by atoms with Gasteiger partial charge in [0.2, 0.25) is 5.76 Å². The second-order valence-corrected chi connectivity index (χ2v) is 10.3. The van der Waals surface area contributed by atoms with Crippen molar-refractivity contribution in [2.45, 2.75) is 55.9 Å². The number of hydrogen-bond donors (Lipinski definition) is 0. The number of carbonyl (C=O) groups excluding carboxylic acids is 1. The van der Waals surface area contributed by atoms with Crippen molar-refractivity contribution in [2.24, 2.45) is 17.3 Å². The lowest BCUT2D eigenvalue weighted by Gasteiger charge is -2.60. The molecule has 138 valence electrons. The summed E-state index contributed by atoms with van der Waals surface area (Å²) in [6, 6.07) is 5.35. The monoisotopic (exact) mass is 419 g/mol. The third kappa shape index (κ3) is 3.02. The topological polar surface area (TPSA) is 65.5 Å². The lowest BCUT2D eigenvalue weighted by Crippen LogP contribution is -2.53. The SMILES string of the molecule is O=C(CC12C[C@@H]3C[C@@H](CC(Br)(C3)C1)C2)OCc1cc(-c2ccco2)on1. The molecule has 0 N–H and O–H groups in total. The number of carbonyl (C=O) groups is 1. The number of ether oxygens (including phenoxy) is 1. The second kappa shape index (κ2) is 5.98. The molecule has 6 rings (SSSR count). The summed E-state index contributed by atoms with van der Waals surface area (Å²) < 4.78 is 16.3. The van der Waals surface area contributed by atoms with Crippen molar-refractivity contribution in [3.63, 3.8) is 0 Å². The minimum Gasteiger partial charge on any atom is -0.461 e. The Morgan fingerprint density at radius 3 is 2.77 bits per heavy atom. The fourth-order valence-corrected chi connectivity index (χ4v) is 7.48. The molecule has 5 nitrogen and oxygen atoms in total. The van der Waals surface area contributed by atoms with Crippen LogP contribution in [0.1, 0.15) is 50.6 Å². The van der Waals surface area contributed by atoms with Crippen LogP contribution < -0.4 is 0 Å². The van der Waals surface area contributed by atoms with Crippen molar-refractivity contribution >= 4 is 21.9 Å². The maximum absolute atomic E-state index is 12.5. The molecule has 4 fully saturated rings. The summed E-state index contributed by atoms with van der Waals surface area (Å²) in [5.74, 6) is 2.59. The predicted molar refractivity (Wildman–Crippen MR) is 97.4 cm³/mol. The molecule has 2 aromatic heterocycles. The van der Waals surface area contributed by atoms with Gasteiger partial charge in [0, 0.05) is 10.4 Å². The van der Waals surface area contributed by atoms with Gasteiger partial charge in [-0.05, 0) is 67.9 Å². The van der Waals surface area contributed by atoms with Crippen LogP contribution in [0.4, 0.5) is 0 Å². The number of alkyl halides is 1. The van der Waals surface area contributed by atoms with E-state index in [0.717, 1.165) is 18.3 Å². The summed E-state index contributed by atoms with van der Waals surface area (Å²) in [4.78, 5) is 12.5. The summed E-state index contributed by atoms with van der Waals surface area (Å²) in [6.07, 6.45) is 9.46. The molecule has 0 aliphatic heterocycles. The lowest BCUT2D eigenvalue weighted by molar-refractivity contribution is -0.152. The van der Waals surface area contributed by atoms with E-state index in [-0.39, 0.29) is 22.3 Å². The van der Waals surface area contributed by atoms with E-state index < -0.39 is 0 Å². The van der Waals surface area contributed by atoms with Gasteiger partial charge in [0.05, 0.1) is 12.7 Å². The first kappa shape index (κ1) is 16.6. The normalized spacial score (nSPS) is 35.0. The Labute approximate surface area is 160 Å². The first-order chi connectivity index (χ1) is 12.5. The summed E-state index contributed by atoms with van der Waals surface area (Å²) in [6.45, 7) is 0.144. The molecule has 26 heavy (non-hydrogen) atoms. The largest absolute Gasteiger partial charge is 0.461 e. The average molecular weight is 420 g/mol. The molecule has 4 aliphatic carbocycles. The third-order valence-electron chi connectivity index (χ3n) is 6.33. The number of furan rings is 1. The smallest absolute Gasteiger partial charge is 0.306 e. The zero-order valence-electron chi connectivity index (χ0n) is 14.6. The Balaban J connectivity index is 1.21. The molecule has 4 aliphatic rings. The van der Waals surface area contributed by atoms with Gasteiger partial charge in [-0.3, -0.25) is 4.79 Å². The van der Waals surface area contributed by atoms with Gasteiger partial charge in [0.15, 0.2) is 5.76 Å². The van der Waals surface area contributed by atoms with Gasteiger partial charge in [-0.1, -0.05) is 21.1 Å². The quantitative estimate of drug-likeness (QED) is 0.497. The van der Waals surface area contributed by atoms with E-state index in [1.165, 1.54) is 32.1 Å². The van der Waals surface area contributed by atoms with Crippen LogP contribution in [-0.4, -0.2) is 15.5 Å². The van der Waals surface area contributed by atoms with E-state index in [2.05, 4.69) is 21.1 Å². The summed E-state index contributed by atoms with van der Waals surface area (Å²) in [5, 5.41) is 3.96. The van der Waals surface area contributed by atoms with E-state index in [4.69, 9.17) is 13.7 Å². The van der Waals surface area contributed by atoms with Gasteiger partial charge < -0.3 is 13.7 Å². The molecule has 2 aromatic rings. The highest BCUT2D eigenvalue weighted by Gasteiger charge is 2.57. The zero-order chi connectivity index (χ0) is 17.8. The molecule has 0 aromatic carbocycles. The Kier molecular flexibility index (Phi) is 3.82. The summed E-state index contributed by atoms with van der Waals surface area (Å²) in [5.41, 5.74) is 0.737. The van der Waals surface area contributed by atoms with E-state index in [0.29, 0.717) is 23.6 Å². The van der Waals surface area contributed by atoms with Gasteiger partial charge in [0.1, 0.15) is 12.3 Å². The van der Waals surface area contributed by atoms with Crippen molar-refractivity contribution in [1.29, 1.82) is 0 Å². The van der Waals surface area contributed by atoms with Crippen molar-refractivity contribution in [3.05, 3.63) is 30.2 Å². The van der Waals surface area contributed by atoms with E-state index in [1.807, 2.05) is 0 Å². The Morgan fingerprint density at radius 1 is 1.27 bits per heavy atom. The molecule has 2 unspecified atom stereocenters. The number of rotatable bonds is 5. The van der Waals surface area contributed by atoms with Crippen molar-refractivity contribution in [3.8, 4) is 11.5 Å². The van der Waals surface area contributed by atoms with Crippen LogP contribution in [-0.2, 0) is 16.1 Å². The van der Waals surface area contributed by atoms with Gasteiger partial charge in [-0.2, -0.15) is 0 Å². The molecule has 0 radical (unpaired) electrons. The number of hydrogen-bond acceptors (Lipinski definition) is 5. The predicted octanol–water partition coefficient (Wildman–Crippen LogP) is 5.10. The third-order valence-corrected chi connectivity index (χ3v) is 7.26. The van der Waals surface area contributed by atoms with Crippen LogP contribution in [0.15, 0.2) is 33.4 Å². The average Bonchev–Trinajstić information content (AvgIpc) is 3.21. The standard InChI is InChI=1S/C20H22BrNO4/c21-20-8-13-4-14(9-20)7-19(6-13,12-20)10-18(23)25-11-15-5-17(26-22-15)16-2-1-3-24-16/h1-3,5,13-14H,4,6-12H2/t13-,14+,19?,20?. The van der Waals surface area contributed by atoms with Crippen LogP contribution in [0.5, 0.6) is 0 Å². The van der Waals surface area contributed by atoms with Crippen LogP contribution in [0.25, 0.3) is 11.5 Å². The molecule has 4 atom stereocenters. The van der Waals surface area contributed by atoms with Gasteiger partial charge in [-0.15, -0.1) is 0 Å². The van der Waals surface area contributed by atoms with Gasteiger partial charge >= 0.3 is 5.97 Å². The van der Waals surface area contributed by atoms with Crippen LogP contribution >= 0.6 is 15.9 Å². The number of nitrogens with zero attached hydrogens (tertiary/aromatic N) is 1. The van der Waals surface area contributed by atoms with E-state index in [9.17, 15) is 4.79 Å². The Hall–Kier alpha value is -1.56. The first-order valence-electron chi connectivity index (χ1n) is 9.35. The summed E-state index contributed by atoms with van der Waals surface area (Å²) >= 11 is 4.00. The van der Waals surface area contributed by atoms with E-state index >= 15 is 0 Å². The van der Waals surface area contributed by atoms with Crippen LogP contribution in [0, 0.1) is 17.3 Å². The molecule has 6 heteroatoms. The first-order valence-corrected chi connectivity index (χ1v) is 10.1. The molecule has 0 amide bonds. The number of aromatic nitrogens is 1. The van der Waals surface area contributed by atoms with Crippen molar-refractivity contribution in [2.75, 3.05) is 0 Å². The summed E-state index contributed by atoms with van der Waals surface area (Å²) in [7, 11) is 0. The Bertz CT molecular complexity index is 798. The fraction of sp³-hybridized carbons (Fsp3) is 0.600. The highest BCUT2D eigenvalue weighted by molar-refractivity contribution is 9.10. The number of halogens is 1. The maximum atomic E-state index is 12.5. The molecular weight excluding hydrogens is 398 g/mol. The zero-order valence-corrected chi connectivity index (χ0v) is 16.2. The second-order valence-electron chi connectivity index (χ2n) is 8.61. The molecule has 0 saturated heterocycles. The minimum absolute atomic E-state index is 0.120.